The van der Waals surface area contributed by atoms with E-state index in [0.717, 1.165) is 19.3 Å². The van der Waals surface area contributed by atoms with Crippen LogP contribution in [0.1, 0.15) is 19.3 Å². The predicted molar refractivity (Wildman–Crippen MR) is 106 cm³/mol. The highest BCUT2D eigenvalue weighted by molar-refractivity contribution is 7.89. The molecule has 0 aliphatic carbocycles. The number of hydrogen-bond donors (Lipinski definition) is 1. The Hall–Kier alpha value is -2.42. The zero-order chi connectivity index (χ0) is 20.0. The Bertz CT molecular complexity index is 909. The van der Waals surface area contributed by atoms with Crippen LogP contribution in [0.5, 0.6) is 11.5 Å². The van der Waals surface area contributed by atoms with Crippen LogP contribution in [0.3, 0.4) is 0 Å². The Balaban J connectivity index is 1.93. The minimum absolute atomic E-state index is 0.127. The molecule has 1 N–H and O–H groups in total. The minimum Gasteiger partial charge on any atom is -0.455 e. The minimum atomic E-state index is -3.63. The number of carbonyl (C=O) groups excluding carboxylic acids is 1. The maximum Gasteiger partial charge on any atom is 0.250 e. The summed E-state index contributed by atoms with van der Waals surface area (Å²) >= 11 is 0. The molecule has 2 aromatic carbocycles. The number of rotatable bonds is 7. The normalized spacial score (nSPS) is 15.2. The van der Waals surface area contributed by atoms with Crippen molar-refractivity contribution >= 4 is 21.6 Å². The molecule has 3 rings (SSSR count). The van der Waals surface area contributed by atoms with Crippen LogP contribution in [0.25, 0.3) is 0 Å². The van der Waals surface area contributed by atoms with E-state index in [1.807, 2.05) is 18.2 Å². The SMILES string of the molecule is COCC(=O)Nc1cc(S(=O)(=O)N2CCCCC2)ccc1Oc1ccccc1. The summed E-state index contributed by atoms with van der Waals surface area (Å²) in [5.41, 5.74) is 0.281. The van der Waals surface area contributed by atoms with Crippen molar-refractivity contribution in [3.63, 3.8) is 0 Å². The maximum atomic E-state index is 13.0. The lowest BCUT2D eigenvalue weighted by molar-refractivity contribution is -0.119. The van der Waals surface area contributed by atoms with Gasteiger partial charge < -0.3 is 14.8 Å². The molecule has 28 heavy (non-hydrogen) atoms. The summed E-state index contributed by atoms with van der Waals surface area (Å²) in [4.78, 5) is 12.2. The quantitative estimate of drug-likeness (QED) is 0.766. The molecular formula is C20H24N2O5S. The van der Waals surface area contributed by atoms with Crippen molar-refractivity contribution in [2.45, 2.75) is 24.2 Å². The molecule has 0 spiro atoms. The number of benzene rings is 2. The molecule has 1 aliphatic heterocycles. The first kappa shape index (κ1) is 20.3. The lowest BCUT2D eigenvalue weighted by Crippen LogP contribution is -2.35. The Labute approximate surface area is 165 Å². The molecule has 8 heteroatoms. The molecular weight excluding hydrogens is 380 g/mol. The molecule has 1 heterocycles. The van der Waals surface area contributed by atoms with Crippen molar-refractivity contribution in [2.75, 3.05) is 32.1 Å². The number of anilines is 1. The highest BCUT2D eigenvalue weighted by atomic mass is 32.2. The average molecular weight is 404 g/mol. The van der Waals surface area contributed by atoms with Crippen LogP contribution in [-0.4, -0.2) is 45.4 Å². The maximum absolute atomic E-state index is 13.0. The fourth-order valence-electron chi connectivity index (χ4n) is 3.04. The van der Waals surface area contributed by atoms with Gasteiger partial charge in [-0.25, -0.2) is 8.42 Å². The molecule has 2 aromatic rings. The lowest BCUT2D eigenvalue weighted by Gasteiger charge is -2.26. The molecule has 0 saturated carbocycles. The predicted octanol–water partition coefficient (Wildman–Crippen LogP) is 3.24. The number of nitrogens with zero attached hydrogens (tertiary/aromatic N) is 1. The van der Waals surface area contributed by atoms with Gasteiger partial charge in [0, 0.05) is 20.2 Å². The summed E-state index contributed by atoms with van der Waals surface area (Å²) < 4.78 is 38.1. The standard InChI is InChI=1S/C20H24N2O5S/c1-26-15-20(23)21-18-14-17(28(24,25)22-12-6-3-7-13-22)10-11-19(18)27-16-8-4-2-5-9-16/h2,4-5,8-11,14H,3,6-7,12-13,15H2,1H3,(H,21,23). The first-order valence-electron chi connectivity index (χ1n) is 9.16. The zero-order valence-electron chi connectivity index (χ0n) is 15.8. The van der Waals surface area contributed by atoms with Crippen LogP contribution < -0.4 is 10.1 Å². The fourth-order valence-corrected chi connectivity index (χ4v) is 4.59. The molecule has 7 nitrogen and oxygen atoms in total. The number of piperidine rings is 1. The molecule has 1 amide bonds. The summed E-state index contributed by atoms with van der Waals surface area (Å²) in [6.07, 6.45) is 2.74. The van der Waals surface area contributed by atoms with Crippen molar-refractivity contribution < 1.29 is 22.7 Å². The summed E-state index contributed by atoms with van der Waals surface area (Å²) in [6.45, 7) is 0.875. The molecule has 0 atom stereocenters. The van der Waals surface area contributed by atoms with E-state index in [4.69, 9.17) is 9.47 Å². The second kappa shape index (κ2) is 9.18. The van der Waals surface area contributed by atoms with Crippen LogP contribution in [0.2, 0.25) is 0 Å². The van der Waals surface area contributed by atoms with E-state index >= 15 is 0 Å². The summed E-state index contributed by atoms with van der Waals surface area (Å²) in [6, 6.07) is 13.6. The Morgan fingerprint density at radius 2 is 1.79 bits per heavy atom. The van der Waals surface area contributed by atoms with E-state index in [1.54, 1.807) is 18.2 Å². The highest BCUT2D eigenvalue weighted by Gasteiger charge is 2.27. The van der Waals surface area contributed by atoms with Gasteiger partial charge in [-0.3, -0.25) is 4.79 Å². The number of methoxy groups -OCH3 is 1. The number of nitrogens with one attached hydrogen (secondary N) is 1. The molecule has 0 bridgehead atoms. The van der Waals surface area contributed by atoms with Crippen LogP contribution in [0.15, 0.2) is 53.4 Å². The first-order chi connectivity index (χ1) is 13.5. The van der Waals surface area contributed by atoms with Crippen molar-refractivity contribution in [3.05, 3.63) is 48.5 Å². The second-order valence-corrected chi connectivity index (χ2v) is 8.46. The van der Waals surface area contributed by atoms with Gasteiger partial charge in [0.1, 0.15) is 12.4 Å². The fraction of sp³-hybridized carbons (Fsp3) is 0.350. The summed E-state index contributed by atoms with van der Waals surface area (Å²) in [5.74, 6) is 0.539. The molecule has 150 valence electrons. The van der Waals surface area contributed by atoms with Gasteiger partial charge in [-0.1, -0.05) is 24.6 Å². The third-order valence-corrected chi connectivity index (χ3v) is 6.32. The highest BCUT2D eigenvalue weighted by Crippen LogP contribution is 2.33. The van der Waals surface area contributed by atoms with Gasteiger partial charge in [0.15, 0.2) is 5.75 Å². The molecule has 1 saturated heterocycles. The Morgan fingerprint density at radius 1 is 1.07 bits per heavy atom. The Kier molecular flexibility index (Phi) is 6.66. The van der Waals surface area contributed by atoms with Gasteiger partial charge in [0.2, 0.25) is 15.9 Å². The number of hydrogen-bond acceptors (Lipinski definition) is 5. The van der Waals surface area contributed by atoms with E-state index in [9.17, 15) is 13.2 Å². The third-order valence-electron chi connectivity index (χ3n) is 4.42. The summed E-state index contributed by atoms with van der Waals surface area (Å²) in [5, 5.41) is 2.68. The van der Waals surface area contributed by atoms with E-state index in [2.05, 4.69) is 5.32 Å². The molecule has 0 unspecified atom stereocenters. The third kappa shape index (κ3) is 4.89. The van der Waals surface area contributed by atoms with Crippen molar-refractivity contribution in [2.24, 2.45) is 0 Å². The van der Waals surface area contributed by atoms with Gasteiger partial charge in [-0.05, 0) is 43.2 Å². The molecule has 1 fully saturated rings. The molecule has 1 aliphatic rings. The van der Waals surface area contributed by atoms with E-state index in [0.29, 0.717) is 24.6 Å². The first-order valence-corrected chi connectivity index (χ1v) is 10.6. The van der Waals surface area contributed by atoms with E-state index in [-0.39, 0.29) is 17.2 Å². The zero-order valence-corrected chi connectivity index (χ0v) is 16.6. The van der Waals surface area contributed by atoms with Crippen LogP contribution >= 0.6 is 0 Å². The number of sulfonamides is 1. The van der Waals surface area contributed by atoms with Gasteiger partial charge in [-0.2, -0.15) is 4.31 Å². The average Bonchev–Trinajstić information content (AvgIpc) is 2.71. The van der Waals surface area contributed by atoms with Crippen LogP contribution in [0, 0.1) is 0 Å². The molecule has 0 radical (unpaired) electrons. The second-order valence-electron chi connectivity index (χ2n) is 6.52. The van der Waals surface area contributed by atoms with Gasteiger partial charge in [0.25, 0.3) is 0 Å². The van der Waals surface area contributed by atoms with Gasteiger partial charge in [-0.15, -0.1) is 0 Å². The smallest absolute Gasteiger partial charge is 0.250 e. The topological polar surface area (TPSA) is 84.9 Å². The van der Waals surface area contributed by atoms with Crippen molar-refractivity contribution in [1.82, 2.24) is 4.31 Å². The number of carbonyl (C=O) groups is 1. The number of para-hydroxylation sites is 1. The van der Waals surface area contributed by atoms with Gasteiger partial charge >= 0.3 is 0 Å². The summed E-state index contributed by atoms with van der Waals surface area (Å²) in [7, 11) is -2.21. The van der Waals surface area contributed by atoms with E-state index < -0.39 is 15.9 Å². The molecule has 0 aromatic heterocycles. The monoisotopic (exact) mass is 404 g/mol. The van der Waals surface area contributed by atoms with Gasteiger partial charge in [0.05, 0.1) is 10.6 Å². The van der Waals surface area contributed by atoms with Crippen molar-refractivity contribution in [1.29, 1.82) is 0 Å². The lowest BCUT2D eigenvalue weighted by atomic mass is 10.2. The number of ether oxygens (including phenoxy) is 2. The van der Waals surface area contributed by atoms with Crippen LogP contribution in [0.4, 0.5) is 5.69 Å². The van der Waals surface area contributed by atoms with Crippen molar-refractivity contribution in [3.8, 4) is 11.5 Å². The van der Waals surface area contributed by atoms with Crippen LogP contribution in [-0.2, 0) is 19.6 Å². The number of amides is 1. The largest absolute Gasteiger partial charge is 0.455 e. The van der Waals surface area contributed by atoms with E-state index in [1.165, 1.54) is 23.5 Å². The Morgan fingerprint density at radius 3 is 2.46 bits per heavy atom.